The van der Waals surface area contributed by atoms with Crippen LogP contribution in [0.3, 0.4) is 0 Å². The molecule has 0 heterocycles. The summed E-state index contributed by atoms with van der Waals surface area (Å²) in [5.74, 6) is 0. The SMILES string of the molecule is CC(C)(C)OC(=O)NCCOCCOCC[OH2+]. The summed E-state index contributed by atoms with van der Waals surface area (Å²) in [6.07, 6.45) is -0.438. The minimum Gasteiger partial charge on any atom is -0.444 e. The largest absolute Gasteiger partial charge is 0.444 e. The van der Waals surface area contributed by atoms with Crippen LogP contribution in [0.5, 0.6) is 0 Å². The summed E-state index contributed by atoms with van der Waals surface area (Å²) in [4.78, 5) is 11.2. The normalized spacial score (nSPS) is 11.3. The highest BCUT2D eigenvalue weighted by molar-refractivity contribution is 5.67. The first-order valence-electron chi connectivity index (χ1n) is 5.72. The molecule has 0 saturated carbocycles. The van der Waals surface area contributed by atoms with Gasteiger partial charge >= 0.3 is 6.09 Å². The maximum Gasteiger partial charge on any atom is 0.407 e. The number of ether oxygens (including phenoxy) is 3. The quantitative estimate of drug-likeness (QED) is 0.495. The third-order valence-electron chi connectivity index (χ3n) is 1.53. The maximum atomic E-state index is 11.2. The Kier molecular flexibility index (Phi) is 8.75. The Morgan fingerprint density at radius 2 is 1.71 bits per heavy atom. The number of rotatable bonds is 8. The van der Waals surface area contributed by atoms with Crippen molar-refractivity contribution in [3.63, 3.8) is 0 Å². The first-order chi connectivity index (χ1) is 7.95. The molecule has 0 radical (unpaired) electrons. The van der Waals surface area contributed by atoms with Crippen molar-refractivity contribution in [2.24, 2.45) is 0 Å². The molecule has 0 atom stereocenters. The van der Waals surface area contributed by atoms with E-state index < -0.39 is 11.7 Å². The summed E-state index contributed by atoms with van der Waals surface area (Å²) >= 11 is 0. The van der Waals surface area contributed by atoms with Gasteiger partial charge in [-0.1, -0.05) is 0 Å². The number of carbonyl (C=O) groups excluding carboxylic acids is 1. The second-order valence-corrected chi connectivity index (χ2v) is 4.40. The van der Waals surface area contributed by atoms with Crippen LogP contribution in [0.1, 0.15) is 20.8 Å². The molecular formula is C11H24NO5+. The first-order valence-corrected chi connectivity index (χ1v) is 5.72. The fourth-order valence-electron chi connectivity index (χ4n) is 0.934. The number of carbonyl (C=O) groups is 1. The molecule has 0 fully saturated rings. The Morgan fingerprint density at radius 3 is 2.24 bits per heavy atom. The molecule has 0 aliphatic rings. The highest BCUT2D eigenvalue weighted by Gasteiger charge is 2.15. The number of alkyl carbamates (subject to hydrolysis) is 1. The molecule has 17 heavy (non-hydrogen) atoms. The van der Waals surface area contributed by atoms with Crippen LogP contribution < -0.4 is 5.32 Å². The predicted molar refractivity (Wildman–Crippen MR) is 64.4 cm³/mol. The van der Waals surface area contributed by atoms with E-state index in [0.29, 0.717) is 33.0 Å². The number of amides is 1. The fourth-order valence-corrected chi connectivity index (χ4v) is 0.934. The number of hydrogen-bond donors (Lipinski definition) is 1. The lowest BCUT2D eigenvalue weighted by Gasteiger charge is -2.19. The highest BCUT2D eigenvalue weighted by Crippen LogP contribution is 2.05. The predicted octanol–water partition coefficient (Wildman–Crippen LogP) is 0.269. The Hall–Kier alpha value is -0.850. The Bertz CT molecular complexity index is 203. The zero-order chi connectivity index (χ0) is 13.1. The van der Waals surface area contributed by atoms with E-state index in [2.05, 4.69) is 5.32 Å². The van der Waals surface area contributed by atoms with E-state index in [9.17, 15) is 4.79 Å². The average Bonchev–Trinajstić information content (AvgIpc) is 2.19. The van der Waals surface area contributed by atoms with Crippen molar-refractivity contribution in [2.45, 2.75) is 26.4 Å². The van der Waals surface area contributed by atoms with Crippen molar-refractivity contribution in [2.75, 3.05) is 39.6 Å². The molecule has 0 aromatic carbocycles. The molecule has 3 N–H and O–H groups in total. The monoisotopic (exact) mass is 250 g/mol. The first kappa shape index (κ1) is 16.1. The summed E-state index contributed by atoms with van der Waals surface area (Å²) in [7, 11) is 0. The second kappa shape index (κ2) is 9.21. The van der Waals surface area contributed by atoms with Gasteiger partial charge in [-0.2, -0.15) is 0 Å². The number of hydrogen-bond acceptors (Lipinski definition) is 4. The van der Waals surface area contributed by atoms with Crippen molar-refractivity contribution >= 4 is 6.09 Å². The van der Waals surface area contributed by atoms with Gasteiger partial charge in [-0.25, -0.2) is 4.79 Å². The molecule has 0 saturated heterocycles. The Balaban J connectivity index is 3.25. The summed E-state index contributed by atoms with van der Waals surface area (Å²) < 4.78 is 15.3. The van der Waals surface area contributed by atoms with E-state index in [1.54, 1.807) is 0 Å². The summed E-state index contributed by atoms with van der Waals surface area (Å²) in [5, 5.41) is 9.42. The van der Waals surface area contributed by atoms with E-state index in [0.717, 1.165) is 0 Å². The molecule has 6 heteroatoms. The van der Waals surface area contributed by atoms with Gasteiger partial charge in [0, 0.05) is 6.54 Å². The lowest BCUT2D eigenvalue weighted by molar-refractivity contribution is 0.0303. The lowest BCUT2D eigenvalue weighted by atomic mass is 10.2. The van der Waals surface area contributed by atoms with E-state index in [1.807, 2.05) is 20.8 Å². The van der Waals surface area contributed by atoms with Crippen LogP contribution in [0.2, 0.25) is 0 Å². The minimum absolute atomic E-state index is 0.264. The number of nitrogens with one attached hydrogen (secondary N) is 1. The van der Waals surface area contributed by atoms with Crippen molar-refractivity contribution in [1.29, 1.82) is 0 Å². The van der Waals surface area contributed by atoms with Crippen molar-refractivity contribution < 1.29 is 24.1 Å². The molecular weight excluding hydrogens is 226 g/mol. The van der Waals surface area contributed by atoms with Crippen LogP contribution >= 0.6 is 0 Å². The molecule has 0 aliphatic heterocycles. The van der Waals surface area contributed by atoms with Gasteiger partial charge in [0.2, 0.25) is 0 Å². The maximum absolute atomic E-state index is 11.2. The molecule has 0 rings (SSSR count). The summed E-state index contributed by atoms with van der Waals surface area (Å²) in [6.45, 7) is 7.91. The third kappa shape index (κ3) is 13.1. The van der Waals surface area contributed by atoms with E-state index in [1.165, 1.54) is 0 Å². The van der Waals surface area contributed by atoms with Crippen LogP contribution in [0, 0.1) is 0 Å². The Morgan fingerprint density at radius 1 is 1.12 bits per heavy atom. The van der Waals surface area contributed by atoms with Gasteiger partial charge in [-0.05, 0) is 20.8 Å². The van der Waals surface area contributed by atoms with Crippen LogP contribution in [-0.2, 0) is 14.2 Å². The topological polar surface area (TPSA) is 79.7 Å². The second-order valence-electron chi connectivity index (χ2n) is 4.40. The van der Waals surface area contributed by atoms with Gasteiger partial charge < -0.3 is 24.6 Å². The van der Waals surface area contributed by atoms with Crippen LogP contribution in [0.15, 0.2) is 0 Å². The van der Waals surface area contributed by atoms with E-state index in [-0.39, 0.29) is 6.61 Å². The van der Waals surface area contributed by atoms with E-state index in [4.69, 9.17) is 19.3 Å². The average molecular weight is 250 g/mol. The van der Waals surface area contributed by atoms with Gasteiger partial charge in [0.25, 0.3) is 0 Å². The van der Waals surface area contributed by atoms with Gasteiger partial charge in [0.15, 0.2) is 6.61 Å². The van der Waals surface area contributed by atoms with Crippen molar-refractivity contribution in [3.05, 3.63) is 0 Å². The standard InChI is InChI=1S/C11H23NO5/c1-11(2,3)17-10(14)12-4-6-15-8-9-16-7-5-13/h13H,4-9H2,1-3H3,(H,12,14)/p+1. The highest BCUT2D eigenvalue weighted by atomic mass is 16.6. The zero-order valence-corrected chi connectivity index (χ0v) is 10.9. The third-order valence-corrected chi connectivity index (χ3v) is 1.53. The molecule has 1 amide bonds. The van der Waals surface area contributed by atoms with Gasteiger partial charge in [0.05, 0.1) is 19.8 Å². The smallest absolute Gasteiger partial charge is 0.407 e. The fraction of sp³-hybridized carbons (Fsp3) is 0.909. The van der Waals surface area contributed by atoms with Crippen molar-refractivity contribution in [1.82, 2.24) is 5.32 Å². The molecule has 0 spiro atoms. The van der Waals surface area contributed by atoms with Gasteiger partial charge in [-0.3, -0.25) is 0 Å². The molecule has 0 bridgehead atoms. The molecule has 102 valence electrons. The zero-order valence-electron chi connectivity index (χ0n) is 10.9. The van der Waals surface area contributed by atoms with Crippen LogP contribution in [0.25, 0.3) is 0 Å². The molecule has 0 aromatic heterocycles. The Labute approximate surface area is 102 Å². The minimum atomic E-state index is -0.477. The summed E-state index contributed by atoms with van der Waals surface area (Å²) in [5.41, 5.74) is -0.477. The van der Waals surface area contributed by atoms with Gasteiger partial charge in [-0.15, -0.1) is 0 Å². The lowest BCUT2D eigenvalue weighted by Crippen LogP contribution is -2.34. The molecule has 6 nitrogen and oxygen atoms in total. The van der Waals surface area contributed by atoms with Crippen molar-refractivity contribution in [3.8, 4) is 0 Å². The molecule has 0 aromatic rings. The van der Waals surface area contributed by atoms with E-state index >= 15 is 0 Å². The summed E-state index contributed by atoms with van der Waals surface area (Å²) in [6, 6.07) is 0. The van der Waals surface area contributed by atoms with Crippen LogP contribution in [0.4, 0.5) is 4.79 Å². The molecule has 0 aliphatic carbocycles. The van der Waals surface area contributed by atoms with Gasteiger partial charge in [0.1, 0.15) is 12.2 Å². The molecule has 0 unspecified atom stereocenters. The van der Waals surface area contributed by atoms with Crippen LogP contribution in [-0.4, -0.2) is 56.4 Å².